The average Bonchev–Trinajstić information content (AvgIpc) is 3.15. The number of fused-ring (bicyclic) bond motifs is 1. The minimum absolute atomic E-state index is 0.00609. The van der Waals surface area contributed by atoms with E-state index in [9.17, 15) is 9.59 Å². The standard InChI is InChI=1S/C26H31N3O4/c1-27(18-20-7-3-2-4-8-20)21-11-16-32-26(17-21)12-14-28(15-13-26)24(30)19-29-22-9-5-6-10-23(22)33-25(29)31/h2-10,21H,11-19H2,1H3. The lowest BCUT2D eigenvalue weighted by Gasteiger charge is -2.48. The van der Waals surface area contributed by atoms with Crippen molar-refractivity contribution in [3.05, 3.63) is 70.7 Å². The number of carbonyl (C=O) groups excluding carboxylic acids is 1. The van der Waals surface area contributed by atoms with E-state index in [1.54, 1.807) is 12.1 Å². The minimum Gasteiger partial charge on any atom is -0.408 e. The van der Waals surface area contributed by atoms with Crippen LogP contribution < -0.4 is 5.76 Å². The van der Waals surface area contributed by atoms with Gasteiger partial charge in [0.2, 0.25) is 5.91 Å². The Balaban J connectivity index is 1.19. The quantitative estimate of drug-likeness (QED) is 0.598. The van der Waals surface area contributed by atoms with E-state index in [1.807, 2.05) is 23.1 Å². The molecule has 33 heavy (non-hydrogen) atoms. The predicted molar refractivity (Wildman–Crippen MR) is 126 cm³/mol. The third-order valence-electron chi connectivity index (χ3n) is 7.26. The normalized spacial score (nSPS) is 20.5. The molecular formula is C26H31N3O4. The number of hydrogen-bond donors (Lipinski definition) is 0. The van der Waals surface area contributed by atoms with Crippen molar-refractivity contribution in [2.24, 2.45) is 0 Å². The number of ether oxygens (including phenoxy) is 1. The summed E-state index contributed by atoms with van der Waals surface area (Å²) < 4.78 is 13.0. The van der Waals surface area contributed by atoms with Crippen LogP contribution in [0.15, 0.2) is 63.8 Å². The predicted octanol–water partition coefficient (Wildman–Crippen LogP) is 3.27. The first-order valence-electron chi connectivity index (χ1n) is 11.8. The number of carbonyl (C=O) groups is 1. The summed E-state index contributed by atoms with van der Waals surface area (Å²) >= 11 is 0. The van der Waals surface area contributed by atoms with Crippen molar-refractivity contribution in [3.8, 4) is 0 Å². The van der Waals surface area contributed by atoms with Gasteiger partial charge in [0.1, 0.15) is 6.54 Å². The van der Waals surface area contributed by atoms with Crippen LogP contribution in [0, 0.1) is 0 Å². The highest BCUT2D eigenvalue weighted by Crippen LogP contribution is 2.37. The van der Waals surface area contributed by atoms with E-state index in [4.69, 9.17) is 9.15 Å². The summed E-state index contributed by atoms with van der Waals surface area (Å²) in [4.78, 5) is 29.5. The van der Waals surface area contributed by atoms with Crippen LogP contribution in [0.25, 0.3) is 11.1 Å². The van der Waals surface area contributed by atoms with Gasteiger partial charge in [-0.25, -0.2) is 4.79 Å². The Bertz CT molecular complexity index is 1160. The summed E-state index contributed by atoms with van der Waals surface area (Å²) in [5, 5.41) is 0. The molecule has 0 N–H and O–H groups in total. The van der Waals surface area contributed by atoms with Crippen LogP contribution in [0.1, 0.15) is 31.2 Å². The zero-order valence-electron chi connectivity index (χ0n) is 19.1. The molecule has 3 aromatic rings. The van der Waals surface area contributed by atoms with Crippen LogP contribution in [0.4, 0.5) is 0 Å². The lowest BCUT2D eigenvalue weighted by molar-refractivity contribution is -0.149. The molecule has 1 unspecified atom stereocenters. The third kappa shape index (κ3) is 4.61. The SMILES string of the molecule is CN(Cc1ccccc1)C1CCOC2(CCN(C(=O)Cn3c(=O)oc4ccccc43)CC2)C1. The first-order valence-corrected chi connectivity index (χ1v) is 11.8. The van der Waals surface area contributed by atoms with E-state index in [1.165, 1.54) is 10.1 Å². The summed E-state index contributed by atoms with van der Waals surface area (Å²) in [6.07, 6.45) is 3.68. The van der Waals surface area contributed by atoms with E-state index in [0.717, 1.165) is 38.8 Å². The molecule has 2 saturated heterocycles. The van der Waals surface area contributed by atoms with E-state index >= 15 is 0 Å². The van der Waals surface area contributed by atoms with Gasteiger partial charge in [0, 0.05) is 32.3 Å². The summed E-state index contributed by atoms with van der Waals surface area (Å²) in [5.41, 5.74) is 2.32. The van der Waals surface area contributed by atoms with Gasteiger partial charge >= 0.3 is 5.76 Å². The third-order valence-corrected chi connectivity index (χ3v) is 7.26. The van der Waals surface area contributed by atoms with Crippen LogP contribution >= 0.6 is 0 Å². The van der Waals surface area contributed by atoms with E-state index in [2.05, 4.69) is 36.2 Å². The second-order valence-electron chi connectivity index (χ2n) is 9.38. The maximum atomic E-state index is 13.0. The van der Waals surface area contributed by atoms with Gasteiger partial charge in [0.25, 0.3) is 0 Å². The Morgan fingerprint density at radius 2 is 1.82 bits per heavy atom. The molecular weight excluding hydrogens is 418 g/mol. The maximum absolute atomic E-state index is 13.0. The first kappa shape index (κ1) is 21.9. The molecule has 0 aliphatic carbocycles. The fourth-order valence-corrected chi connectivity index (χ4v) is 5.29. The lowest BCUT2D eigenvalue weighted by Crippen LogP contribution is -2.54. The molecule has 3 heterocycles. The molecule has 1 atom stereocenters. The van der Waals surface area contributed by atoms with Crippen LogP contribution in [0.2, 0.25) is 0 Å². The summed E-state index contributed by atoms with van der Waals surface area (Å²) in [5.74, 6) is -0.537. The number of para-hydroxylation sites is 2. The number of likely N-dealkylation sites (tertiary alicyclic amines) is 1. The van der Waals surface area contributed by atoms with Gasteiger partial charge < -0.3 is 14.1 Å². The number of rotatable bonds is 5. The van der Waals surface area contributed by atoms with Gasteiger partial charge in [-0.05, 0) is 50.4 Å². The Hall–Kier alpha value is -2.90. The zero-order valence-corrected chi connectivity index (χ0v) is 19.1. The molecule has 7 heteroatoms. The molecule has 5 rings (SSSR count). The number of benzene rings is 2. The second-order valence-corrected chi connectivity index (χ2v) is 9.38. The Labute approximate surface area is 193 Å². The Kier molecular flexibility index (Phi) is 6.08. The van der Waals surface area contributed by atoms with Gasteiger partial charge in [-0.15, -0.1) is 0 Å². The average molecular weight is 450 g/mol. The smallest absolute Gasteiger partial charge is 0.408 e. The van der Waals surface area contributed by atoms with Crippen LogP contribution in [0.3, 0.4) is 0 Å². The minimum atomic E-state index is -0.488. The molecule has 1 amide bonds. The van der Waals surface area contributed by atoms with Crippen molar-refractivity contribution in [1.29, 1.82) is 0 Å². The van der Waals surface area contributed by atoms with Crippen LogP contribution in [0.5, 0.6) is 0 Å². The van der Waals surface area contributed by atoms with E-state index in [-0.39, 0.29) is 18.1 Å². The highest BCUT2D eigenvalue weighted by Gasteiger charge is 2.42. The zero-order chi connectivity index (χ0) is 22.8. The van der Waals surface area contributed by atoms with Crippen molar-refractivity contribution in [3.63, 3.8) is 0 Å². The van der Waals surface area contributed by atoms with Gasteiger partial charge in [0.05, 0.1) is 11.1 Å². The Morgan fingerprint density at radius 3 is 2.61 bits per heavy atom. The Morgan fingerprint density at radius 1 is 1.09 bits per heavy atom. The van der Waals surface area contributed by atoms with Crippen molar-refractivity contribution in [2.45, 2.75) is 50.4 Å². The van der Waals surface area contributed by atoms with Crippen molar-refractivity contribution in [1.82, 2.24) is 14.4 Å². The van der Waals surface area contributed by atoms with Gasteiger partial charge in [-0.1, -0.05) is 42.5 Å². The highest BCUT2D eigenvalue weighted by atomic mass is 16.5. The van der Waals surface area contributed by atoms with Gasteiger partial charge in [0.15, 0.2) is 5.58 Å². The molecule has 0 radical (unpaired) electrons. The van der Waals surface area contributed by atoms with Crippen LogP contribution in [-0.2, 0) is 22.6 Å². The number of hydrogen-bond acceptors (Lipinski definition) is 5. The highest BCUT2D eigenvalue weighted by molar-refractivity contribution is 5.79. The van der Waals surface area contributed by atoms with Gasteiger partial charge in [-0.3, -0.25) is 14.3 Å². The van der Waals surface area contributed by atoms with Crippen molar-refractivity contribution >= 4 is 17.0 Å². The maximum Gasteiger partial charge on any atom is 0.420 e. The molecule has 1 aromatic heterocycles. The monoisotopic (exact) mass is 449 g/mol. The lowest BCUT2D eigenvalue weighted by atomic mass is 9.82. The summed E-state index contributed by atoms with van der Waals surface area (Å²) in [7, 11) is 2.20. The molecule has 0 bridgehead atoms. The number of amides is 1. The molecule has 174 valence electrons. The fraction of sp³-hybridized carbons (Fsp3) is 0.462. The topological polar surface area (TPSA) is 67.9 Å². The summed E-state index contributed by atoms with van der Waals surface area (Å²) in [6.45, 7) is 3.00. The molecule has 2 aromatic carbocycles. The molecule has 2 fully saturated rings. The van der Waals surface area contributed by atoms with Crippen LogP contribution in [-0.4, -0.2) is 58.7 Å². The number of nitrogens with zero attached hydrogens (tertiary/aromatic N) is 3. The van der Waals surface area contributed by atoms with E-state index < -0.39 is 5.76 Å². The van der Waals surface area contributed by atoms with E-state index in [0.29, 0.717) is 30.2 Å². The summed E-state index contributed by atoms with van der Waals surface area (Å²) in [6, 6.07) is 18.2. The fourth-order valence-electron chi connectivity index (χ4n) is 5.29. The number of aromatic nitrogens is 1. The first-order chi connectivity index (χ1) is 16.0. The van der Waals surface area contributed by atoms with Crippen molar-refractivity contribution < 1.29 is 13.9 Å². The van der Waals surface area contributed by atoms with Gasteiger partial charge in [-0.2, -0.15) is 0 Å². The van der Waals surface area contributed by atoms with Crippen molar-refractivity contribution in [2.75, 3.05) is 26.7 Å². The number of piperidine rings is 1. The molecule has 0 saturated carbocycles. The molecule has 2 aliphatic rings. The molecule has 2 aliphatic heterocycles. The number of oxazole rings is 1. The largest absolute Gasteiger partial charge is 0.420 e. The molecule has 7 nitrogen and oxygen atoms in total. The second kappa shape index (κ2) is 9.15. The molecule has 1 spiro atoms.